The first-order valence-corrected chi connectivity index (χ1v) is 8.27. The molecule has 1 amide bonds. The van der Waals surface area contributed by atoms with Gasteiger partial charge in [0.15, 0.2) is 0 Å². The van der Waals surface area contributed by atoms with Crippen molar-refractivity contribution in [3.63, 3.8) is 0 Å². The topological polar surface area (TPSA) is 52.9 Å². The van der Waals surface area contributed by atoms with Crippen LogP contribution in [0.5, 0.6) is 0 Å². The lowest BCUT2D eigenvalue weighted by molar-refractivity contribution is -0.120. The van der Waals surface area contributed by atoms with Crippen molar-refractivity contribution < 1.29 is 4.79 Å². The average Bonchev–Trinajstić information content (AvgIpc) is 2.76. The normalized spacial score (nSPS) is 17.6. The van der Waals surface area contributed by atoms with E-state index in [0.29, 0.717) is 11.5 Å². The summed E-state index contributed by atoms with van der Waals surface area (Å²) in [4.78, 5) is 13.5. The monoisotopic (exact) mass is 290 g/mol. The minimum absolute atomic E-state index is 0.0413. The fraction of sp³-hybridized carbons (Fsp3) is 0.625. The van der Waals surface area contributed by atoms with Crippen LogP contribution >= 0.6 is 11.3 Å². The van der Waals surface area contributed by atoms with Gasteiger partial charge in [-0.2, -0.15) is 5.26 Å². The van der Waals surface area contributed by atoms with Gasteiger partial charge >= 0.3 is 0 Å². The number of nitriles is 1. The van der Waals surface area contributed by atoms with Crippen LogP contribution in [-0.2, 0) is 17.6 Å². The zero-order chi connectivity index (χ0) is 14.7. The van der Waals surface area contributed by atoms with E-state index in [-0.39, 0.29) is 11.8 Å². The van der Waals surface area contributed by atoms with Gasteiger partial charge < -0.3 is 5.32 Å². The first-order chi connectivity index (χ1) is 9.60. The number of hydrogen-bond donors (Lipinski definition) is 1. The Balaban J connectivity index is 2.25. The summed E-state index contributed by atoms with van der Waals surface area (Å²) < 4.78 is 0. The summed E-state index contributed by atoms with van der Waals surface area (Å²) in [5.41, 5.74) is 1.88. The number of nitrogens with one attached hydrogen (secondary N) is 1. The molecule has 0 bridgehead atoms. The molecule has 0 radical (unpaired) electrons. The molecule has 4 heteroatoms. The third-order valence-electron chi connectivity index (χ3n) is 4.22. The number of fused-ring (bicyclic) bond motifs is 1. The van der Waals surface area contributed by atoms with Crippen molar-refractivity contribution in [2.24, 2.45) is 11.8 Å². The molecule has 0 fully saturated rings. The van der Waals surface area contributed by atoms with Crippen LogP contribution in [0.1, 0.15) is 56.0 Å². The largest absolute Gasteiger partial charge is 0.316 e. The van der Waals surface area contributed by atoms with Crippen LogP contribution in [0, 0.1) is 23.2 Å². The van der Waals surface area contributed by atoms with Crippen molar-refractivity contribution >= 4 is 22.2 Å². The third kappa shape index (κ3) is 2.88. The second-order valence-corrected chi connectivity index (χ2v) is 6.78. The number of hydrogen-bond acceptors (Lipinski definition) is 3. The quantitative estimate of drug-likeness (QED) is 0.907. The van der Waals surface area contributed by atoms with E-state index in [4.69, 9.17) is 0 Å². The number of amides is 1. The zero-order valence-electron chi connectivity index (χ0n) is 12.5. The number of carbonyl (C=O) groups excluding carboxylic acids is 1. The lowest BCUT2D eigenvalue weighted by atomic mass is 9.88. The molecule has 0 saturated carbocycles. The van der Waals surface area contributed by atoms with Gasteiger partial charge in [-0.15, -0.1) is 11.3 Å². The van der Waals surface area contributed by atoms with Crippen molar-refractivity contribution in [1.29, 1.82) is 5.26 Å². The van der Waals surface area contributed by atoms with Gasteiger partial charge in [-0.1, -0.05) is 20.8 Å². The van der Waals surface area contributed by atoms with Crippen molar-refractivity contribution in [2.75, 3.05) is 5.32 Å². The SMILES string of the molecule is CCC(CC)C(=O)Nc1sc2c(c1C#N)CC[C@H](C)C2. The van der Waals surface area contributed by atoms with Crippen LogP contribution in [0.25, 0.3) is 0 Å². The lowest BCUT2D eigenvalue weighted by Gasteiger charge is -2.17. The Morgan fingerprint density at radius 1 is 1.50 bits per heavy atom. The van der Waals surface area contributed by atoms with Gasteiger partial charge in [0, 0.05) is 10.8 Å². The van der Waals surface area contributed by atoms with E-state index in [1.54, 1.807) is 11.3 Å². The molecule has 1 heterocycles. The van der Waals surface area contributed by atoms with Gasteiger partial charge in [-0.3, -0.25) is 4.79 Å². The van der Waals surface area contributed by atoms with Crippen LogP contribution in [0.3, 0.4) is 0 Å². The minimum Gasteiger partial charge on any atom is -0.316 e. The van der Waals surface area contributed by atoms with Gasteiger partial charge in [-0.25, -0.2) is 0 Å². The van der Waals surface area contributed by atoms with Crippen LogP contribution in [-0.4, -0.2) is 5.91 Å². The highest BCUT2D eigenvalue weighted by Crippen LogP contribution is 2.39. The number of nitrogens with zero attached hydrogens (tertiary/aromatic N) is 1. The molecule has 0 aromatic carbocycles. The fourth-order valence-electron chi connectivity index (χ4n) is 2.83. The molecular formula is C16H22N2OS. The summed E-state index contributed by atoms with van der Waals surface area (Å²) in [5.74, 6) is 0.771. The number of anilines is 1. The molecule has 0 aliphatic heterocycles. The van der Waals surface area contributed by atoms with Gasteiger partial charge in [0.2, 0.25) is 5.91 Å². The second-order valence-electron chi connectivity index (χ2n) is 5.67. The van der Waals surface area contributed by atoms with Gasteiger partial charge in [0.05, 0.1) is 5.56 Å². The molecule has 108 valence electrons. The third-order valence-corrected chi connectivity index (χ3v) is 5.39. The molecule has 0 saturated heterocycles. The summed E-state index contributed by atoms with van der Waals surface area (Å²) in [6.45, 7) is 6.30. The maximum Gasteiger partial charge on any atom is 0.228 e. The van der Waals surface area contributed by atoms with Crippen molar-refractivity contribution in [2.45, 2.75) is 52.9 Å². The van der Waals surface area contributed by atoms with Crippen LogP contribution in [0.2, 0.25) is 0 Å². The molecule has 1 N–H and O–H groups in total. The van der Waals surface area contributed by atoms with Gasteiger partial charge in [0.1, 0.15) is 11.1 Å². The Labute approximate surface area is 125 Å². The van der Waals surface area contributed by atoms with Crippen LogP contribution in [0.4, 0.5) is 5.00 Å². The highest BCUT2D eigenvalue weighted by molar-refractivity contribution is 7.16. The Morgan fingerprint density at radius 3 is 2.80 bits per heavy atom. The molecule has 0 spiro atoms. The Kier molecular flexibility index (Phi) is 4.82. The fourth-order valence-corrected chi connectivity index (χ4v) is 4.19. The first-order valence-electron chi connectivity index (χ1n) is 7.46. The molecule has 1 atom stereocenters. The summed E-state index contributed by atoms with van der Waals surface area (Å²) >= 11 is 1.60. The molecule has 3 nitrogen and oxygen atoms in total. The van der Waals surface area contributed by atoms with Crippen LogP contribution < -0.4 is 5.32 Å². The standard InChI is InChI=1S/C16H22N2OS/c1-4-11(5-2)15(19)18-16-13(9-17)12-7-6-10(3)8-14(12)20-16/h10-11H,4-8H2,1-3H3,(H,18,19)/t10-/m0/s1. The predicted octanol–water partition coefficient (Wildman–Crippen LogP) is 4.12. The number of carbonyl (C=O) groups is 1. The Hall–Kier alpha value is -1.34. The first kappa shape index (κ1) is 15.1. The van der Waals surface area contributed by atoms with E-state index < -0.39 is 0 Å². The predicted molar refractivity (Wildman–Crippen MR) is 82.9 cm³/mol. The van der Waals surface area contributed by atoms with Crippen molar-refractivity contribution in [3.8, 4) is 6.07 Å². The molecule has 2 rings (SSSR count). The molecule has 0 unspecified atom stereocenters. The summed E-state index contributed by atoms with van der Waals surface area (Å²) in [7, 11) is 0. The summed E-state index contributed by atoms with van der Waals surface area (Å²) in [5, 5.41) is 13.2. The van der Waals surface area contributed by atoms with E-state index in [1.165, 1.54) is 10.4 Å². The smallest absolute Gasteiger partial charge is 0.228 e. The van der Waals surface area contributed by atoms with E-state index in [2.05, 4.69) is 18.3 Å². The number of thiophene rings is 1. The Bertz CT molecular complexity index is 537. The van der Waals surface area contributed by atoms with E-state index in [0.717, 1.165) is 37.1 Å². The highest BCUT2D eigenvalue weighted by atomic mass is 32.1. The van der Waals surface area contributed by atoms with E-state index in [1.807, 2.05) is 13.8 Å². The highest BCUT2D eigenvalue weighted by Gasteiger charge is 2.25. The maximum atomic E-state index is 12.2. The van der Waals surface area contributed by atoms with E-state index in [9.17, 15) is 10.1 Å². The van der Waals surface area contributed by atoms with Gasteiger partial charge in [-0.05, 0) is 43.6 Å². The second kappa shape index (κ2) is 6.41. The summed E-state index contributed by atoms with van der Waals surface area (Å²) in [6, 6.07) is 2.29. The summed E-state index contributed by atoms with van der Waals surface area (Å²) in [6.07, 6.45) is 4.82. The average molecular weight is 290 g/mol. The minimum atomic E-state index is 0.0413. The molecule has 20 heavy (non-hydrogen) atoms. The van der Waals surface area contributed by atoms with Gasteiger partial charge in [0.25, 0.3) is 0 Å². The van der Waals surface area contributed by atoms with Crippen molar-refractivity contribution in [1.82, 2.24) is 0 Å². The molecule has 1 aromatic heterocycles. The molecule has 1 aliphatic rings. The Morgan fingerprint density at radius 2 is 2.20 bits per heavy atom. The van der Waals surface area contributed by atoms with Crippen molar-refractivity contribution in [3.05, 3.63) is 16.0 Å². The zero-order valence-corrected chi connectivity index (χ0v) is 13.3. The molecule has 1 aliphatic carbocycles. The molecule has 1 aromatic rings. The lowest BCUT2D eigenvalue weighted by Crippen LogP contribution is -2.21. The molecular weight excluding hydrogens is 268 g/mol. The number of rotatable bonds is 4. The maximum absolute atomic E-state index is 12.2. The van der Waals surface area contributed by atoms with Crippen LogP contribution in [0.15, 0.2) is 0 Å². The van der Waals surface area contributed by atoms with E-state index >= 15 is 0 Å².